The molecule has 0 aliphatic heterocycles. The molecule has 0 aliphatic rings. The maximum absolute atomic E-state index is 12.5. The number of nitrogens with zero attached hydrogens (tertiary/aromatic N) is 3. The van der Waals surface area contributed by atoms with Crippen LogP contribution in [0.15, 0.2) is 24.4 Å². The van der Waals surface area contributed by atoms with Crippen molar-refractivity contribution in [2.45, 2.75) is 39.7 Å². The van der Waals surface area contributed by atoms with Gasteiger partial charge < -0.3 is 9.84 Å². The zero-order chi connectivity index (χ0) is 21.5. The number of esters is 1. The molecule has 7 nitrogen and oxygen atoms in total. The molecule has 1 N–H and O–H groups in total. The standard InChI is InChI=1S/C20H19Cl2N3O4/c1-10-13(8-16(26)29-20(2,3)4)17(12-6-5-11(21)7-14(12)22)25-9-15(18(27)28)24-19(25)23-10/h5-7,9H,8H2,1-4H3,(H,27,28). The van der Waals surface area contributed by atoms with E-state index in [-0.39, 0.29) is 17.9 Å². The van der Waals surface area contributed by atoms with E-state index in [1.165, 1.54) is 10.6 Å². The number of imidazole rings is 1. The molecular formula is C20H19Cl2N3O4. The van der Waals surface area contributed by atoms with Crippen molar-refractivity contribution >= 4 is 40.9 Å². The third kappa shape index (κ3) is 4.52. The Morgan fingerprint density at radius 3 is 2.48 bits per heavy atom. The number of aromatic nitrogens is 3. The number of ether oxygens (including phenoxy) is 1. The van der Waals surface area contributed by atoms with E-state index in [4.69, 9.17) is 27.9 Å². The predicted molar refractivity (Wildman–Crippen MR) is 110 cm³/mol. The minimum absolute atomic E-state index is 0.0685. The SMILES string of the molecule is Cc1nc2nc(C(=O)O)cn2c(-c2ccc(Cl)cc2Cl)c1CC(=O)OC(C)(C)C. The van der Waals surface area contributed by atoms with Crippen LogP contribution in [0, 0.1) is 6.92 Å². The molecule has 0 aliphatic carbocycles. The van der Waals surface area contributed by atoms with Gasteiger partial charge in [-0.3, -0.25) is 9.20 Å². The summed E-state index contributed by atoms with van der Waals surface area (Å²) in [5, 5.41) is 10.1. The molecule has 2 heterocycles. The van der Waals surface area contributed by atoms with Gasteiger partial charge in [-0.05, 0) is 45.9 Å². The summed E-state index contributed by atoms with van der Waals surface area (Å²) in [5.74, 6) is -1.43. The van der Waals surface area contributed by atoms with Crippen molar-refractivity contribution in [3.05, 3.63) is 51.4 Å². The van der Waals surface area contributed by atoms with Gasteiger partial charge in [-0.1, -0.05) is 23.2 Å². The van der Waals surface area contributed by atoms with Gasteiger partial charge in [-0.25, -0.2) is 14.8 Å². The van der Waals surface area contributed by atoms with E-state index in [1.54, 1.807) is 45.9 Å². The molecule has 0 radical (unpaired) electrons. The fourth-order valence-electron chi connectivity index (χ4n) is 2.96. The van der Waals surface area contributed by atoms with Crippen molar-refractivity contribution in [2.24, 2.45) is 0 Å². The third-order valence-corrected chi connectivity index (χ3v) is 4.61. The first-order valence-corrected chi connectivity index (χ1v) is 9.51. The van der Waals surface area contributed by atoms with Crippen LogP contribution in [0.4, 0.5) is 0 Å². The van der Waals surface area contributed by atoms with Gasteiger partial charge in [0, 0.05) is 28.0 Å². The summed E-state index contributed by atoms with van der Waals surface area (Å²) in [6, 6.07) is 4.95. The molecule has 1 aromatic carbocycles. The molecule has 0 fully saturated rings. The topological polar surface area (TPSA) is 93.8 Å². The highest BCUT2D eigenvalue weighted by Crippen LogP contribution is 2.34. The van der Waals surface area contributed by atoms with Crippen LogP contribution in [-0.4, -0.2) is 37.0 Å². The lowest BCUT2D eigenvalue weighted by Gasteiger charge is -2.21. The van der Waals surface area contributed by atoms with Gasteiger partial charge in [-0.2, -0.15) is 0 Å². The van der Waals surface area contributed by atoms with Gasteiger partial charge in [0.1, 0.15) is 5.60 Å². The number of carbonyl (C=O) groups is 2. The average molecular weight is 436 g/mol. The van der Waals surface area contributed by atoms with Gasteiger partial charge >= 0.3 is 11.9 Å². The number of fused-ring (bicyclic) bond motifs is 1. The molecule has 3 aromatic rings. The van der Waals surface area contributed by atoms with Crippen LogP contribution in [0.3, 0.4) is 0 Å². The molecule has 0 saturated heterocycles. The summed E-state index contributed by atoms with van der Waals surface area (Å²) in [7, 11) is 0. The van der Waals surface area contributed by atoms with Crippen molar-refractivity contribution in [1.29, 1.82) is 0 Å². The van der Waals surface area contributed by atoms with E-state index in [0.29, 0.717) is 32.6 Å². The fourth-order valence-corrected chi connectivity index (χ4v) is 3.46. The number of carbonyl (C=O) groups excluding carboxylic acids is 1. The number of aromatic carboxylic acids is 1. The number of aryl methyl sites for hydroxylation is 1. The van der Waals surface area contributed by atoms with Crippen LogP contribution in [0.1, 0.15) is 42.5 Å². The highest BCUT2D eigenvalue weighted by atomic mass is 35.5. The van der Waals surface area contributed by atoms with Gasteiger partial charge in [0.25, 0.3) is 0 Å². The molecule has 0 atom stereocenters. The summed E-state index contributed by atoms with van der Waals surface area (Å²) in [4.78, 5) is 32.4. The van der Waals surface area contributed by atoms with Crippen LogP contribution < -0.4 is 0 Å². The van der Waals surface area contributed by atoms with Gasteiger partial charge in [0.15, 0.2) is 5.69 Å². The van der Waals surface area contributed by atoms with E-state index < -0.39 is 17.5 Å². The Labute approximate surface area is 177 Å². The summed E-state index contributed by atoms with van der Waals surface area (Å²) < 4.78 is 6.97. The highest BCUT2D eigenvalue weighted by molar-refractivity contribution is 6.36. The Morgan fingerprint density at radius 1 is 1.21 bits per heavy atom. The smallest absolute Gasteiger partial charge is 0.356 e. The fraction of sp³-hybridized carbons (Fsp3) is 0.300. The second-order valence-electron chi connectivity index (χ2n) is 7.51. The number of hydrogen-bond acceptors (Lipinski definition) is 5. The number of benzene rings is 1. The van der Waals surface area contributed by atoms with Crippen molar-refractivity contribution in [3.8, 4) is 11.3 Å². The van der Waals surface area contributed by atoms with Crippen molar-refractivity contribution in [3.63, 3.8) is 0 Å². The zero-order valence-electron chi connectivity index (χ0n) is 16.3. The molecule has 0 amide bonds. The quantitative estimate of drug-likeness (QED) is 0.601. The van der Waals surface area contributed by atoms with E-state index in [1.807, 2.05) is 0 Å². The molecule has 3 rings (SSSR count). The molecule has 0 spiro atoms. The molecule has 0 unspecified atom stereocenters. The Hall–Kier alpha value is -2.64. The van der Waals surface area contributed by atoms with E-state index in [2.05, 4.69) is 9.97 Å². The second kappa shape index (κ2) is 7.65. The van der Waals surface area contributed by atoms with Crippen molar-refractivity contribution in [1.82, 2.24) is 14.4 Å². The summed E-state index contributed by atoms with van der Waals surface area (Å²) in [6.07, 6.45) is 1.28. The molecule has 0 saturated carbocycles. The molecule has 9 heteroatoms. The minimum atomic E-state index is -1.19. The maximum atomic E-state index is 12.5. The van der Waals surface area contributed by atoms with E-state index in [9.17, 15) is 14.7 Å². The van der Waals surface area contributed by atoms with Gasteiger partial charge in [0.05, 0.1) is 17.1 Å². The highest BCUT2D eigenvalue weighted by Gasteiger charge is 2.24. The molecule has 2 aromatic heterocycles. The van der Waals surface area contributed by atoms with Crippen LogP contribution >= 0.6 is 23.2 Å². The number of rotatable bonds is 4. The summed E-state index contributed by atoms with van der Waals surface area (Å²) in [6.45, 7) is 7.07. The lowest BCUT2D eigenvalue weighted by molar-refractivity contribution is -0.153. The largest absolute Gasteiger partial charge is 0.476 e. The summed E-state index contributed by atoms with van der Waals surface area (Å²) >= 11 is 12.5. The molecular weight excluding hydrogens is 417 g/mol. The minimum Gasteiger partial charge on any atom is -0.476 e. The summed E-state index contributed by atoms with van der Waals surface area (Å²) in [5.41, 5.74) is 1.35. The Bertz CT molecular complexity index is 1130. The van der Waals surface area contributed by atoms with Crippen LogP contribution in [0.25, 0.3) is 17.0 Å². The van der Waals surface area contributed by atoms with Crippen molar-refractivity contribution < 1.29 is 19.4 Å². The van der Waals surface area contributed by atoms with Gasteiger partial charge in [-0.15, -0.1) is 0 Å². The first-order chi connectivity index (χ1) is 13.5. The molecule has 152 valence electrons. The Balaban J connectivity index is 2.27. The zero-order valence-corrected chi connectivity index (χ0v) is 17.8. The normalized spacial score (nSPS) is 11.7. The lowest BCUT2D eigenvalue weighted by atomic mass is 10.0. The lowest BCUT2D eigenvalue weighted by Crippen LogP contribution is -2.25. The van der Waals surface area contributed by atoms with E-state index in [0.717, 1.165) is 0 Å². The monoisotopic (exact) mass is 435 g/mol. The van der Waals surface area contributed by atoms with Gasteiger partial charge in [0.2, 0.25) is 5.78 Å². The molecule has 0 bridgehead atoms. The third-order valence-electron chi connectivity index (χ3n) is 4.07. The maximum Gasteiger partial charge on any atom is 0.356 e. The average Bonchev–Trinajstić information content (AvgIpc) is 2.98. The van der Waals surface area contributed by atoms with E-state index >= 15 is 0 Å². The Kier molecular flexibility index (Phi) is 5.56. The predicted octanol–water partition coefficient (Wildman–Crippen LogP) is 4.59. The molecule has 29 heavy (non-hydrogen) atoms. The number of hydrogen-bond donors (Lipinski definition) is 1. The number of carboxylic acid groups (broad SMARTS) is 1. The Morgan fingerprint density at radius 2 is 1.90 bits per heavy atom. The number of halogens is 2. The van der Waals surface area contributed by atoms with Crippen LogP contribution in [0.2, 0.25) is 10.0 Å². The first-order valence-electron chi connectivity index (χ1n) is 8.75. The first kappa shape index (κ1) is 21.1. The number of carboxylic acids is 1. The van der Waals surface area contributed by atoms with Crippen LogP contribution in [-0.2, 0) is 16.0 Å². The van der Waals surface area contributed by atoms with Crippen LogP contribution in [0.5, 0.6) is 0 Å². The second-order valence-corrected chi connectivity index (χ2v) is 8.36. The van der Waals surface area contributed by atoms with Crippen molar-refractivity contribution in [2.75, 3.05) is 0 Å².